The summed E-state index contributed by atoms with van der Waals surface area (Å²) in [6.07, 6.45) is 0. The van der Waals surface area contributed by atoms with Crippen LogP contribution in [0.1, 0.15) is 16.7 Å². The lowest BCUT2D eigenvalue weighted by molar-refractivity contribution is -0.384. The van der Waals surface area contributed by atoms with Gasteiger partial charge in [0.05, 0.1) is 32.5 Å². The van der Waals surface area contributed by atoms with Gasteiger partial charge in [-0.05, 0) is 37.1 Å². The van der Waals surface area contributed by atoms with Crippen LogP contribution < -0.4 is 5.32 Å². The number of carbonyl (C=O) groups excluding carboxylic acids is 1. The number of nitriles is 1. The Morgan fingerprint density at radius 2 is 2.04 bits per heavy atom. The normalized spacial score (nSPS) is 10.5. The summed E-state index contributed by atoms with van der Waals surface area (Å²) in [7, 11) is 0. The molecule has 7 nitrogen and oxygen atoms in total. The van der Waals surface area contributed by atoms with Gasteiger partial charge in [-0.1, -0.05) is 30.0 Å². The SMILES string of the molecule is Cc1cc(SCC(=O)Nc2ccc([N+](=O)[O-])cc2C#N)nc2c(C)cccc12. The largest absolute Gasteiger partial charge is 0.324 e. The van der Waals surface area contributed by atoms with E-state index in [2.05, 4.69) is 10.3 Å². The number of hydrogen-bond donors (Lipinski definition) is 1. The maximum Gasteiger partial charge on any atom is 0.270 e. The Bertz CT molecular complexity index is 1140. The maximum atomic E-state index is 12.3. The summed E-state index contributed by atoms with van der Waals surface area (Å²) in [6, 6.07) is 13.6. The summed E-state index contributed by atoms with van der Waals surface area (Å²) in [4.78, 5) is 27.1. The van der Waals surface area contributed by atoms with Crippen LogP contribution >= 0.6 is 11.8 Å². The van der Waals surface area contributed by atoms with Crippen LogP contribution in [0.5, 0.6) is 0 Å². The molecule has 1 aromatic heterocycles. The fraction of sp³-hybridized carbons (Fsp3) is 0.150. The van der Waals surface area contributed by atoms with Crippen molar-refractivity contribution in [3.8, 4) is 6.07 Å². The minimum absolute atomic E-state index is 0.0443. The highest BCUT2D eigenvalue weighted by Crippen LogP contribution is 2.26. The number of nitro benzene ring substituents is 1. The van der Waals surface area contributed by atoms with E-state index in [1.54, 1.807) is 0 Å². The molecular formula is C20H16N4O3S. The van der Waals surface area contributed by atoms with Crippen molar-refractivity contribution in [1.82, 2.24) is 4.98 Å². The van der Waals surface area contributed by atoms with Crippen molar-refractivity contribution in [2.75, 3.05) is 11.1 Å². The number of pyridine rings is 1. The van der Waals surface area contributed by atoms with Crippen LogP contribution in [0.15, 0.2) is 47.5 Å². The first-order valence-corrected chi connectivity index (χ1v) is 9.36. The van der Waals surface area contributed by atoms with Crippen LogP contribution in [0, 0.1) is 35.3 Å². The summed E-state index contributed by atoms with van der Waals surface area (Å²) in [5, 5.41) is 24.4. The number of amides is 1. The smallest absolute Gasteiger partial charge is 0.270 e. The standard InChI is InChI=1S/C20H16N4O3S/c1-12-4-3-5-16-13(2)8-19(23-20(12)16)28-11-18(25)22-17-7-6-15(24(26)27)9-14(17)10-21/h3-9H,11H2,1-2H3,(H,22,25). The topological polar surface area (TPSA) is 109 Å². The second-order valence-corrected chi connectivity index (χ2v) is 7.18. The average molecular weight is 392 g/mol. The maximum absolute atomic E-state index is 12.3. The number of non-ortho nitro benzene ring substituents is 1. The van der Waals surface area contributed by atoms with Gasteiger partial charge in [-0.15, -0.1) is 0 Å². The van der Waals surface area contributed by atoms with Gasteiger partial charge in [-0.25, -0.2) is 4.98 Å². The second kappa shape index (κ2) is 8.06. The van der Waals surface area contributed by atoms with Crippen molar-refractivity contribution in [1.29, 1.82) is 5.26 Å². The number of hydrogen-bond acceptors (Lipinski definition) is 6. The van der Waals surface area contributed by atoms with Gasteiger partial charge in [0.25, 0.3) is 5.69 Å². The monoisotopic (exact) mass is 392 g/mol. The molecular weight excluding hydrogens is 376 g/mol. The number of benzene rings is 2. The quantitative estimate of drug-likeness (QED) is 0.392. The molecule has 0 fully saturated rings. The summed E-state index contributed by atoms with van der Waals surface area (Å²) in [6.45, 7) is 4.00. The molecule has 0 aliphatic carbocycles. The first kappa shape index (κ1) is 19.3. The van der Waals surface area contributed by atoms with Crippen LogP contribution in [0.2, 0.25) is 0 Å². The van der Waals surface area contributed by atoms with E-state index < -0.39 is 4.92 Å². The van der Waals surface area contributed by atoms with E-state index in [0.29, 0.717) is 0 Å². The molecule has 0 atom stereocenters. The Morgan fingerprint density at radius 1 is 1.25 bits per heavy atom. The molecule has 0 radical (unpaired) electrons. The molecule has 0 aliphatic heterocycles. The highest BCUT2D eigenvalue weighted by Gasteiger charge is 2.13. The second-order valence-electron chi connectivity index (χ2n) is 6.18. The zero-order valence-corrected chi connectivity index (χ0v) is 16.0. The van der Waals surface area contributed by atoms with E-state index in [4.69, 9.17) is 5.26 Å². The van der Waals surface area contributed by atoms with Crippen molar-refractivity contribution in [2.45, 2.75) is 18.9 Å². The minimum atomic E-state index is -0.585. The van der Waals surface area contributed by atoms with Crippen LogP contribution in [0.25, 0.3) is 10.9 Å². The fourth-order valence-electron chi connectivity index (χ4n) is 2.78. The van der Waals surface area contributed by atoms with Crippen molar-refractivity contribution in [2.24, 2.45) is 0 Å². The zero-order valence-electron chi connectivity index (χ0n) is 15.2. The first-order valence-electron chi connectivity index (χ1n) is 8.37. The summed E-state index contributed by atoms with van der Waals surface area (Å²) in [5.74, 6) is -0.217. The Balaban J connectivity index is 1.73. The molecule has 140 valence electrons. The molecule has 3 aromatic rings. The molecule has 28 heavy (non-hydrogen) atoms. The number of para-hydroxylation sites is 1. The highest BCUT2D eigenvalue weighted by atomic mass is 32.2. The molecule has 3 rings (SSSR count). The number of rotatable bonds is 5. The van der Waals surface area contributed by atoms with Gasteiger partial charge in [-0.2, -0.15) is 5.26 Å². The first-order chi connectivity index (χ1) is 13.4. The van der Waals surface area contributed by atoms with E-state index in [1.165, 1.54) is 23.9 Å². The van der Waals surface area contributed by atoms with Crippen LogP contribution in [0.3, 0.4) is 0 Å². The van der Waals surface area contributed by atoms with Gasteiger partial charge in [0.2, 0.25) is 5.91 Å². The molecule has 8 heteroatoms. The Morgan fingerprint density at radius 3 is 2.75 bits per heavy atom. The van der Waals surface area contributed by atoms with Crippen molar-refractivity contribution < 1.29 is 9.72 Å². The van der Waals surface area contributed by atoms with Crippen molar-refractivity contribution in [3.63, 3.8) is 0 Å². The average Bonchev–Trinajstić information content (AvgIpc) is 2.67. The number of nitrogens with zero attached hydrogens (tertiary/aromatic N) is 3. The highest BCUT2D eigenvalue weighted by molar-refractivity contribution is 7.99. The van der Waals surface area contributed by atoms with E-state index in [9.17, 15) is 14.9 Å². The van der Waals surface area contributed by atoms with Crippen LogP contribution in [-0.4, -0.2) is 21.6 Å². The number of thioether (sulfide) groups is 1. The zero-order chi connectivity index (χ0) is 20.3. The number of nitrogens with one attached hydrogen (secondary N) is 1. The van der Waals surface area contributed by atoms with E-state index in [1.807, 2.05) is 44.2 Å². The lowest BCUT2D eigenvalue weighted by atomic mass is 10.1. The van der Waals surface area contributed by atoms with Gasteiger partial charge < -0.3 is 5.32 Å². The minimum Gasteiger partial charge on any atom is -0.324 e. The number of fused-ring (bicyclic) bond motifs is 1. The third kappa shape index (κ3) is 4.10. The molecule has 0 bridgehead atoms. The lowest BCUT2D eigenvalue weighted by Gasteiger charge is -2.09. The number of carbonyl (C=O) groups is 1. The van der Waals surface area contributed by atoms with Crippen LogP contribution in [0.4, 0.5) is 11.4 Å². The Hall–Kier alpha value is -3.44. The number of anilines is 1. The molecule has 0 saturated heterocycles. The number of nitro groups is 1. The Kier molecular flexibility index (Phi) is 5.57. The van der Waals surface area contributed by atoms with Gasteiger partial charge in [0, 0.05) is 17.5 Å². The summed E-state index contributed by atoms with van der Waals surface area (Å²) >= 11 is 1.29. The summed E-state index contributed by atoms with van der Waals surface area (Å²) in [5.41, 5.74) is 3.15. The van der Waals surface area contributed by atoms with E-state index >= 15 is 0 Å². The van der Waals surface area contributed by atoms with Crippen molar-refractivity contribution in [3.05, 3.63) is 69.3 Å². The molecule has 1 heterocycles. The van der Waals surface area contributed by atoms with Gasteiger partial charge in [0.15, 0.2) is 0 Å². The predicted octanol–water partition coefficient (Wildman–Crippen LogP) is 4.36. The van der Waals surface area contributed by atoms with Gasteiger partial charge >= 0.3 is 0 Å². The fourth-order valence-corrected chi connectivity index (χ4v) is 3.55. The molecule has 1 N–H and O–H groups in total. The Labute approximate surface area is 165 Å². The van der Waals surface area contributed by atoms with Gasteiger partial charge in [0.1, 0.15) is 6.07 Å². The van der Waals surface area contributed by atoms with Crippen molar-refractivity contribution >= 4 is 39.9 Å². The summed E-state index contributed by atoms with van der Waals surface area (Å²) < 4.78 is 0. The van der Waals surface area contributed by atoms with Crippen LogP contribution in [-0.2, 0) is 4.79 Å². The molecule has 2 aromatic carbocycles. The lowest BCUT2D eigenvalue weighted by Crippen LogP contribution is -2.15. The van der Waals surface area contributed by atoms with E-state index in [-0.39, 0.29) is 28.6 Å². The third-order valence-corrected chi connectivity index (χ3v) is 5.10. The third-order valence-electron chi connectivity index (χ3n) is 4.18. The molecule has 0 aliphatic rings. The molecule has 0 unspecified atom stereocenters. The molecule has 0 saturated carbocycles. The number of aryl methyl sites for hydroxylation is 2. The molecule has 1 amide bonds. The van der Waals surface area contributed by atoms with Gasteiger partial charge in [-0.3, -0.25) is 14.9 Å². The predicted molar refractivity (Wildman–Crippen MR) is 108 cm³/mol. The molecule has 0 spiro atoms. The van der Waals surface area contributed by atoms with E-state index in [0.717, 1.165) is 33.1 Å². The number of aromatic nitrogens is 1.